The molecule has 146 valence electrons. The molecule has 1 aliphatic rings. The summed E-state index contributed by atoms with van der Waals surface area (Å²) in [5.41, 5.74) is 3.84. The summed E-state index contributed by atoms with van der Waals surface area (Å²) in [6, 6.07) is 7.06. The van der Waals surface area contributed by atoms with Crippen molar-refractivity contribution in [3.05, 3.63) is 46.5 Å². The molecule has 0 saturated heterocycles. The highest BCUT2D eigenvalue weighted by Gasteiger charge is 2.15. The summed E-state index contributed by atoms with van der Waals surface area (Å²) in [5, 5.41) is 15.5. The predicted octanol–water partition coefficient (Wildman–Crippen LogP) is 3.31. The first kappa shape index (κ1) is 19.4. The minimum atomic E-state index is 0.505. The maximum absolute atomic E-state index is 4.87. The van der Waals surface area contributed by atoms with E-state index in [9.17, 15) is 0 Å². The highest BCUT2D eigenvalue weighted by Crippen LogP contribution is 2.17. The number of nitrogens with zero attached hydrogens (tertiary/aromatic N) is 4. The second-order valence-corrected chi connectivity index (χ2v) is 7.65. The predicted molar refractivity (Wildman–Crippen MR) is 110 cm³/mol. The van der Waals surface area contributed by atoms with Gasteiger partial charge in [0.15, 0.2) is 11.8 Å². The maximum Gasteiger partial charge on any atom is 0.192 e. The number of aromatic nitrogens is 3. The first-order chi connectivity index (χ1) is 13.0. The molecule has 27 heavy (non-hydrogen) atoms. The summed E-state index contributed by atoms with van der Waals surface area (Å²) in [7, 11) is 1.99. The van der Waals surface area contributed by atoms with E-state index >= 15 is 0 Å². The Morgan fingerprint density at radius 1 is 1.15 bits per heavy atom. The van der Waals surface area contributed by atoms with Gasteiger partial charge < -0.3 is 15.2 Å². The van der Waals surface area contributed by atoms with Crippen LogP contribution >= 0.6 is 0 Å². The standard InChI is InChI=1S/C21H32N6/c1-15-10-11-18(16(2)12-15)13-22-21(24-19-8-6-5-7-9-19)23-14-20-26-25-17(3)27(20)4/h10-12,19H,5-9,13-14H2,1-4H3,(H2,22,23,24). The molecular formula is C21H32N6. The van der Waals surface area contributed by atoms with Crippen LogP contribution in [-0.4, -0.2) is 26.8 Å². The molecule has 1 aliphatic carbocycles. The van der Waals surface area contributed by atoms with Crippen molar-refractivity contribution >= 4 is 5.96 Å². The molecule has 2 aromatic rings. The van der Waals surface area contributed by atoms with E-state index in [1.807, 2.05) is 18.5 Å². The Morgan fingerprint density at radius 2 is 1.93 bits per heavy atom. The van der Waals surface area contributed by atoms with Gasteiger partial charge >= 0.3 is 0 Å². The van der Waals surface area contributed by atoms with Crippen LogP contribution in [0.4, 0.5) is 0 Å². The van der Waals surface area contributed by atoms with Gasteiger partial charge in [-0.05, 0) is 44.7 Å². The molecular weight excluding hydrogens is 336 g/mol. The Hall–Kier alpha value is -2.37. The molecule has 0 radical (unpaired) electrons. The largest absolute Gasteiger partial charge is 0.354 e. The first-order valence-corrected chi connectivity index (χ1v) is 9.99. The summed E-state index contributed by atoms with van der Waals surface area (Å²) in [6.45, 7) is 7.53. The number of guanidine groups is 1. The van der Waals surface area contributed by atoms with Crippen LogP contribution in [0.2, 0.25) is 0 Å². The normalized spacial score (nSPS) is 15.8. The van der Waals surface area contributed by atoms with Crippen LogP contribution in [0.25, 0.3) is 0 Å². The SMILES string of the molecule is Cc1ccc(CN=C(NCc2nnc(C)n2C)NC2CCCCC2)c(C)c1. The van der Waals surface area contributed by atoms with Crippen molar-refractivity contribution in [3.63, 3.8) is 0 Å². The molecule has 0 bridgehead atoms. The molecule has 0 amide bonds. The molecule has 1 saturated carbocycles. The number of rotatable bonds is 5. The van der Waals surface area contributed by atoms with Gasteiger partial charge in [0.2, 0.25) is 0 Å². The lowest BCUT2D eigenvalue weighted by Crippen LogP contribution is -2.44. The van der Waals surface area contributed by atoms with Crippen molar-refractivity contribution in [2.24, 2.45) is 12.0 Å². The van der Waals surface area contributed by atoms with Crippen LogP contribution in [0, 0.1) is 20.8 Å². The Labute approximate surface area is 162 Å². The van der Waals surface area contributed by atoms with E-state index in [4.69, 9.17) is 4.99 Å². The van der Waals surface area contributed by atoms with Gasteiger partial charge in [-0.25, -0.2) is 4.99 Å². The van der Waals surface area contributed by atoms with Gasteiger partial charge in [-0.3, -0.25) is 0 Å². The molecule has 0 aliphatic heterocycles. The maximum atomic E-state index is 4.87. The quantitative estimate of drug-likeness (QED) is 0.628. The summed E-state index contributed by atoms with van der Waals surface area (Å²) in [4.78, 5) is 4.87. The molecule has 6 heteroatoms. The summed E-state index contributed by atoms with van der Waals surface area (Å²) >= 11 is 0. The van der Waals surface area contributed by atoms with Crippen molar-refractivity contribution < 1.29 is 0 Å². The molecule has 1 aromatic heterocycles. The van der Waals surface area contributed by atoms with Crippen LogP contribution in [0.5, 0.6) is 0 Å². The van der Waals surface area contributed by atoms with Crippen molar-refractivity contribution in [1.82, 2.24) is 25.4 Å². The molecule has 6 nitrogen and oxygen atoms in total. The molecule has 0 spiro atoms. The van der Waals surface area contributed by atoms with Crippen LogP contribution in [0.3, 0.4) is 0 Å². The highest BCUT2D eigenvalue weighted by atomic mass is 15.3. The second-order valence-electron chi connectivity index (χ2n) is 7.65. The minimum absolute atomic E-state index is 0.505. The van der Waals surface area contributed by atoms with E-state index in [1.54, 1.807) is 0 Å². The average molecular weight is 369 g/mol. The lowest BCUT2D eigenvalue weighted by molar-refractivity contribution is 0.409. The summed E-state index contributed by atoms with van der Waals surface area (Å²) < 4.78 is 2.01. The van der Waals surface area contributed by atoms with Gasteiger partial charge in [-0.2, -0.15) is 0 Å². The van der Waals surface area contributed by atoms with Crippen molar-refractivity contribution in [1.29, 1.82) is 0 Å². The lowest BCUT2D eigenvalue weighted by atomic mass is 9.96. The zero-order valence-corrected chi connectivity index (χ0v) is 17.0. The van der Waals surface area contributed by atoms with E-state index in [0.717, 1.165) is 17.6 Å². The number of aliphatic imine (C=N–C) groups is 1. The number of nitrogens with one attached hydrogen (secondary N) is 2. The van der Waals surface area contributed by atoms with Crippen LogP contribution < -0.4 is 10.6 Å². The Balaban J connectivity index is 1.70. The van der Waals surface area contributed by atoms with Gasteiger partial charge in [-0.1, -0.05) is 43.0 Å². The highest BCUT2D eigenvalue weighted by molar-refractivity contribution is 5.80. The molecule has 0 unspecified atom stereocenters. The van der Waals surface area contributed by atoms with Crippen molar-refractivity contribution in [2.45, 2.75) is 72.0 Å². The molecule has 1 fully saturated rings. The fourth-order valence-corrected chi connectivity index (χ4v) is 3.55. The molecule has 3 rings (SSSR count). The Morgan fingerprint density at radius 3 is 2.59 bits per heavy atom. The third-order valence-corrected chi connectivity index (χ3v) is 5.45. The van der Waals surface area contributed by atoms with Crippen LogP contribution in [-0.2, 0) is 20.1 Å². The topological polar surface area (TPSA) is 67.1 Å². The van der Waals surface area contributed by atoms with E-state index in [0.29, 0.717) is 19.1 Å². The summed E-state index contributed by atoms with van der Waals surface area (Å²) in [6.07, 6.45) is 6.37. The van der Waals surface area contributed by atoms with E-state index < -0.39 is 0 Å². The fourth-order valence-electron chi connectivity index (χ4n) is 3.55. The lowest BCUT2D eigenvalue weighted by Gasteiger charge is -2.25. The van der Waals surface area contributed by atoms with E-state index in [1.165, 1.54) is 48.8 Å². The molecule has 1 heterocycles. The van der Waals surface area contributed by atoms with Gasteiger partial charge in [0.1, 0.15) is 5.82 Å². The van der Waals surface area contributed by atoms with Gasteiger partial charge in [-0.15, -0.1) is 10.2 Å². The monoisotopic (exact) mass is 368 g/mol. The van der Waals surface area contributed by atoms with Crippen LogP contribution in [0.1, 0.15) is 60.4 Å². The smallest absolute Gasteiger partial charge is 0.192 e. The average Bonchev–Trinajstić information content (AvgIpc) is 2.98. The fraction of sp³-hybridized carbons (Fsp3) is 0.571. The third-order valence-electron chi connectivity index (χ3n) is 5.45. The number of hydrogen-bond donors (Lipinski definition) is 2. The van der Waals surface area contributed by atoms with Crippen molar-refractivity contribution in [3.8, 4) is 0 Å². The molecule has 0 atom stereocenters. The van der Waals surface area contributed by atoms with E-state index in [-0.39, 0.29) is 0 Å². The second kappa shape index (κ2) is 9.02. The minimum Gasteiger partial charge on any atom is -0.354 e. The summed E-state index contributed by atoms with van der Waals surface area (Å²) in [5.74, 6) is 2.69. The van der Waals surface area contributed by atoms with E-state index in [2.05, 4.69) is 52.9 Å². The van der Waals surface area contributed by atoms with Crippen molar-refractivity contribution in [2.75, 3.05) is 0 Å². The zero-order valence-electron chi connectivity index (χ0n) is 17.0. The van der Waals surface area contributed by atoms with Gasteiger partial charge in [0, 0.05) is 13.1 Å². The third kappa shape index (κ3) is 5.31. The Kier molecular flexibility index (Phi) is 6.48. The molecule has 2 N–H and O–H groups in total. The number of hydrogen-bond acceptors (Lipinski definition) is 3. The zero-order chi connectivity index (χ0) is 19.2. The number of aryl methyl sites for hydroxylation is 3. The first-order valence-electron chi connectivity index (χ1n) is 9.99. The Bertz CT molecular complexity index is 786. The van der Waals surface area contributed by atoms with Gasteiger partial charge in [0.25, 0.3) is 0 Å². The van der Waals surface area contributed by atoms with Gasteiger partial charge in [0.05, 0.1) is 13.1 Å². The van der Waals surface area contributed by atoms with Crippen LogP contribution in [0.15, 0.2) is 23.2 Å². The molecule has 1 aromatic carbocycles. The number of benzene rings is 1.